The summed E-state index contributed by atoms with van der Waals surface area (Å²) in [5, 5.41) is 20.5. The van der Waals surface area contributed by atoms with Crippen molar-refractivity contribution in [3.63, 3.8) is 0 Å². The fourth-order valence-corrected chi connectivity index (χ4v) is 3.27. The number of carbonyl (C=O) groups is 3. The smallest absolute Gasteiger partial charge is 0.264 e. The Morgan fingerprint density at radius 1 is 0.769 bits per heavy atom. The second-order valence-corrected chi connectivity index (χ2v) is 7.41. The van der Waals surface area contributed by atoms with Crippen molar-refractivity contribution in [1.82, 2.24) is 0 Å². The lowest BCUT2D eigenvalue weighted by Crippen LogP contribution is -2.34. The van der Waals surface area contributed by atoms with Gasteiger partial charge in [0.15, 0.2) is 0 Å². The Balaban J connectivity index is 1.82. The van der Waals surface area contributed by atoms with Crippen molar-refractivity contribution in [1.29, 1.82) is 0 Å². The molecule has 2 aliphatic rings. The number of ketones is 3. The molecule has 2 N–H and O–H groups in total. The molecule has 5 heteroatoms. The van der Waals surface area contributed by atoms with Crippen molar-refractivity contribution < 1.29 is 24.6 Å². The van der Waals surface area contributed by atoms with Crippen LogP contribution in [0.15, 0.2) is 48.6 Å². The SMILES string of the molecule is CC1(O)C=CC=CC1CCC(=O)C(=O)C(=O)CCC1C=CC=CC1(C)O. The molecular weight excluding hydrogens is 332 g/mol. The van der Waals surface area contributed by atoms with Crippen LogP contribution in [0.5, 0.6) is 0 Å². The Kier molecular flexibility index (Phi) is 6.26. The van der Waals surface area contributed by atoms with Gasteiger partial charge in [-0.25, -0.2) is 0 Å². The molecule has 0 spiro atoms. The first kappa shape index (κ1) is 20.2. The molecule has 2 aliphatic carbocycles. The number of carbonyl (C=O) groups excluding carboxylic acids is 3. The van der Waals surface area contributed by atoms with Gasteiger partial charge < -0.3 is 10.2 Å². The van der Waals surface area contributed by atoms with Crippen LogP contribution in [0.4, 0.5) is 0 Å². The van der Waals surface area contributed by atoms with Crippen LogP contribution in [0.3, 0.4) is 0 Å². The topological polar surface area (TPSA) is 91.7 Å². The van der Waals surface area contributed by atoms with Gasteiger partial charge in [0.2, 0.25) is 11.6 Å². The molecule has 4 atom stereocenters. The lowest BCUT2D eigenvalue weighted by atomic mass is 9.81. The lowest BCUT2D eigenvalue weighted by molar-refractivity contribution is -0.144. The molecule has 2 rings (SSSR count). The Labute approximate surface area is 153 Å². The van der Waals surface area contributed by atoms with Gasteiger partial charge in [-0.15, -0.1) is 0 Å². The first-order valence-corrected chi connectivity index (χ1v) is 8.90. The van der Waals surface area contributed by atoms with E-state index in [1.54, 1.807) is 62.5 Å². The normalized spacial score (nSPS) is 32.6. The van der Waals surface area contributed by atoms with Crippen molar-refractivity contribution in [2.45, 2.75) is 50.7 Å². The van der Waals surface area contributed by atoms with Crippen molar-refractivity contribution in [3.05, 3.63) is 48.6 Å². The number of aliphatic hydroxyl groups is 2. The van der Waals surface area contributed by atoms with E-state index in [9.17, 15) is 24.6 Å². The van der Waals surface area contributed by atoms with E-state index in [2.05, 4.69) is 0 Å². The standard InChI is InChI=1S/C21H26O5/c1-20(25)13-5-3-7-15(20)9-11-17(22)19(24)18(23)12-10-16-8-4-6-14-21(16,2)26/h3-8,13-16,25-26H,9-12H2,1-2H3. The maximum atomic E-state index is 12.0. The minimum Gasteiger partial charge on any atom is -0.385 e. The van der Waals surface area contributed by atoms with Crippen LogP contribution in [-0.4, -0.2) is 38.8 Å². The molecule has 0 aromatic heterocycles. The highest BCUT2D eigenvalue weighted by atomic mass is 16.3. The van der Waals surface area contributed by atoms with E-state index in [4.69, 9.17) is 0 Å². The summed E-state index contributed by atoms with van der Waals surface area (Å²) in [5.74, 6) is -2.98. The number of rotatable bonds is 8. The van der Waals surface area contributed by atoms with E-state index in [1.165, 1.54) is 0 Å². The molecule has 4 unspecified atom stereocenters. The molecule has 0 fully saturated rings. The number of hydrogen-bond acceptors (Lipinski definition) is 5. The molecule has 0 radical (unpaired) electrons. The van der Waals surface area contributed by atoms with Gasteiger partial charge in [0.25, 0.3) is 5.78 Å². The van der Waals surface area contributed by atoms with Crippen LogP contribution < -0.4 is 0 Å². The zero-order valence-corrected chi connectivity index (χ0v) is 15.2. The molecule has 0 aliphatic heterocycles. The van der Waals surface area contributed by atoms with E-state index < -0.39 is 28.6 Å². The Morgan fingerprint density at radius 2 is 1.15 bits per heavy atom. The summed E-state index contributed by atoms with van der Waals surface area (Å²) in [6.45, 7) is 3.29. The third-order valence-electron chi connectivity index (χ3n) is 5.15. The molecule has 26 heavy (non-hydrogen) atoms. The zero-order chi connectivity index (χ0) is 19.4. The van der Waals surface area contributed by atoms with Crippen LogP contribution >= 0.6 is 0 Å². The highest BCUT2D eigenvalue weighted by molar-refractivity contribution is 6.63. The Hall–Kier alpha value is -2.11. The van der Waals surface area contributed by atoms with Crippen molar-refractivity contribution in [2.75, 3.05) is 0 Å². The summed E-state index contributed by atoms with van der Waals surface area (Å²) < 4.78 is 0. The zero-order valence-electron chi connectivity index (χ0n) is 15.2. The number of Topliss-reactive ketones (excluding diaryl/α,β-unsaturated/α-hetero) is 3. The van der Waals surface area contributed by atoms with Gasteiger partial charge in [-0.05, 0) is 26.7 Å². The van der Waals surface area contributed by atoms with Gasteiger partial charge in [-0.1, -0.05) is 48.6 Å². The fraction of sp³-hybridized carbons (Fsp3) is 0.476. The van der Waals surface area contributed by atoms with Gasteiger partial charge in [-0.3, -0.25) is 14.4 Å². The van der Waals surface area contributed by atoms with Crippen LogP contribution in [0.25, 0.3) is 0 Å². The minimum atomic E-state index is -1.06. The lowest BCUT2D eigenvalue weighted by Gasteiger charge is -2.30. The minimum absolute atomic E-state index is 0.0760. The largest absolute Gasteiger partial charge is 0.385 e. The maximum absolute atomic E-state index is 12.0. The highest BCUT2D eigenvalue weighted by Gasteiger charge is 2.32. The summed E-state index contributed by atoms with van der Waals surface area (Å²) in [4.78, 5) is 36.1. The number of hydrogen-bond donors (Lipinski definition) is 2. The number of allylic oxidation sites excluding steroid dienone is 4. The maximum Gasteiger partial charge on any atom is 0.264 e. The van der Waals surface area contributed by atoms with Crippen molar-refractivity contribution in [3.8, 4) is 0 Å². The van der Waals surface area contributed by atoms with E-state index in [-0.39, 0.29) is 24.7 Å². The van der Waals surface area contributed by atoms with Gasteiger partial charge in [0, 0.05) is 24.7 Å². The molecule has 140 valence electrons. The Morgan fingerprint density at radius 3 is 1.50 bits per heavy atom. The van der Waals surface area contributed by atoms with Gasteiger partial charge in [0.1, 0.15) is 0 Å². The molecule has 0 aromatic rings. The van der Waals surface area contributed by atoms with E-state index in [0.29, 0.717) is 12.8 Å². The summed E-state index contributed by atoms with van der Waals surface area (Å²) >= 11 is 0. The van der Waals surface area contributed by atoms with E-state index >= 15 is 0 Å². The average molecular weight is 358 g/mol. The molecule has 0 saturated heterocycles. The Bertz CT molecular complexity index is 633. The quantitative estimate of drug-likeness (QED) is 0.513. The summed E-state index contributed by atoms with van der Waals surface area (Å²) in [6, 6.07) is 0. The van der Waals surface area contributed by atoms with Crippen LogP contribution in [0, 0.1) is 11.8 Å². The predicted molar refractivity (Wildman–Crippen MR) is 98.3 cm³/mol. The van der Waals surface area contributed by atoms with Gasteiger partial charge in [-0.2, -0.15) is 0 Å². The molecule has 5 nitrogen and oxygen atoms in total. The third-order valence-corrected chi connectivity index (χ3v) is 5.15. The average Bonchev–Trinajstić information content (AvgIpc) is 2.58. The molecule has 0 bridgehead atoms. The molecule has 0 amide bonds. The second-order valence-electron chi connectivity index (χ2n) is 7.41. The van der Waals surface area contributed by atoms with E-state index in [1.807, 2.05) is 0 Å². The predicted octanol–water partition coefficient (Wildman–Crippen LogP) is 2.24. The first-order valence-electron chi connectivity index (χ1n) is 8.90. The highest BCUT2D eigenvalue weighted by Crippen LogP contribution is 2.29. The van der Waals surface area contributed by atoms with Crippen molar-refractivity contribution in [2.24, 2.45) is 11.8 Å². The fourth-order valence-electron chi connectivity index (χ4n) is 3.27. The molecule has 0 saturated carbocycles. The van der Waals surface area contributed by atoms with Gasteiger partial charge >= 0.3 is 0 Å². The second kappa shape index (κ2) is 8.06. The van der Waals surface area contributed by atoms with Crippen LogP contribution in [0.2, 0.25) is 0 Å². The van der Waals surface area contributed by atoms with Crippen LogP contribution in [0.1, 0.15) is 39.5 Å². The molecule has 0 aromatic carbocycles. The summed E-state index contributed by atoms with van der Waals surface area (Å²) in [5.41, 5.74) is -2.12. The summed E-state index contributed by atoms with van der Waals surface area (Å²) in [6.07, 6.45) is 14.4. The molecular formula is C21H26O5. The van der Waals surface area contributed by atoms with Crippen molar-refractivity contribution >= 4 is 17.3 Å². The van der Waals surface area contributed by atoms with E-state index in [0.717, 1.165) is 0 Å². The third kappa shape index (κ3) is 4.96. The van der Waals surface area contributed by atoms with Crippen LogP contribution in [-0.2, 0) is 14.4 Å². The molecule has 0 heterocycles. The first-order chi connectivity index (χ1) is 12.1. The monoisotopic (exact) mass is 358 g/mol. The van der Waals surface area contributed by atoms with Gasteiger partial charge in [0.05, 0.1) is 11.2 Å². The summed E-state index contributed by atoms with van der Waals surface area (Å²) in [7, 11) is 0.